The molecule has 0 unspecified atom stereocenters. The SMILES string of the molecule is COc1cccc(CN[C@H]2CCCN[C@H]2c2ccccc2)c1. The second kappa shape index (κ2) is 7.43. The predicted octanol–water partition coefficient (Wildman–Crippen LogP) is 3.28. The van der Waals surface area contributed by atoms with E-state index in [2.05, 4.69) is 53.1 Å². The molecule has 1 saturated heterocycles. The molecule has 3 nitrogen and oxygen atoms in total. The summed E-state index contributed by atoms with van der Waals surface area (Å²) in [5.74, 6) is 0.917. The molecule has 2 N–H and O–H groups in total. The minimum atomic E-state index is 0.389. The Morgan fingerprint density at radius 1 is 1.14 bits per heavy atom. The van der Waals surface area contributed by atoms with Crippen LogP contribution >= 0.6 is 0 Å². The number of benzene rings is 2. The molecule has 0 bridgehead atoms. The molecule has 2 atom stereocenters. The smallest absolute Gasteiger partial charge is 0.119 e. The van der Waals surface area contributed by atoms with Gasteiger partial charge in [0, 0.05) is 18.6 Å². The first-order valence-electron chi connectivity index (χ1n) is 8.01. The number of rotatable bonds is 5. The van der Waals surface area contributed by atoms with E-state index in [9.17, 15) is 0 Å². The molecule has 1 aliphatic heterocycles. The van der Waals surface area contributed by atoms with E-state index in [4.69, 9.17) is 4.74 Å². The maximum atomic E-state index is 5.30. The van der Waals surface area contributed by atoms with Crippen molar-refractivity contribution in [1.29, 1.82) is 0 Å². The fraction of sp³-hybridized carbons (Fsp3) is 0.368. The van der Waals surface area contributed by atoms with Gasteiger partial charge >= 0.3 is 0 Å². The normalized spacial score (nSPS) is 21.5. The van der Waals surface area contributed by atoms with E-state index in [1.54, 1.807) is 7.11 Å². The van der Waals surface area contributed by atoms with Crippen LogP contribution in [0.5, 0.6) is 5.75 Å². The van der Waals surface area contributed by atoms with Crippen molar-refractivity contribution in [3.8, 4) is 5.75 Å². The van der Waals surface area contributed by atoms with E-state index in [0.717, 1.165) is 18.8 Å². The average molecular weight is 296 g/mol. The second-order valence-electron chi connectivity index (χ2n) is 5.82. The van der Waals surface area contributed by atoms with E-state index in [1.807, 2.05) is 12.1 Å². The molecule has 22 heavy (non-hydrogen) atoms. The minimum Gasteiger partial charge on any atom is -0.497 e. The molecule has 2 aromatic rings. The van der Waals surface area contributed by atoms with Crippen LogP contribution in [0.3, 0.4) is 0 Å². The second-order valence-corrected chi connectivity index (χ2v) is 5.82. The Morgan fingerprint density at radius 2 is 2.00 bits per heavy atom. The number of hydrogen-bond donors (Lipinski definition) is 2. The molecule has 116 valence electrons. The molecule has 0 aliphatic carbocycles. The summed E-state index contributed by atoms with van der Waals surface area (Å²) in [5, 5.41) is 7.38. The first-order chi connectivity index (χ1) is 10.9. The van der Waals surface area contributed by atoms with E-state index >= 15 is 0 Å². The van der Waals surface area contributed by atoms with Gasteiger partial charge in [-0.15, -0.1) is 0 Å². The minimum absolute atomic E-state index is 0.389. The molecule has 1 heterocycles. The third-order valence-corrected chi connectivity index (χ3v) is 4.32. The van der Waals surface area contributed by atoms with Crippen molar-refractivity contribution in [1.82, 2.24) is 10.6 Å². The third-order valence-electron chi connectivity index (χ3n) is 4.32. The maximum absolute atomic E-state index is 5.30. The van der Waals surface area contributed by atoms with Gasteiger partial charge in [0.05, 0.1) is 7.11 Å². The fourth-order valence-electron chi connectivity index (χ4n) is 3.15. The summed E-state index contributed by atoms with van der Waals surface area (Å²) >= 11 is 0. The van der Waals surface area contributed by atoms with Crippen LogP contribution in [0.15, 0.2) is 54.6 Å². The van der Waals surface area contributed by atoms with Gasteiger partial charge in [-0.3, -0.25) is 0 Å². The molecule has 0 spiro atoms. The highest BCUT2D eigenvalue weighted by Crippen LogP contribution is 2.24. The molecule has 0 saturated carbocycles. The van der Waals surface area contributed by atoms with Crippen LogP contribution in [-0.4, -0.2) is 19.7 Å². The van der Waals surface area contributed by atoms with Crippen molar-refractivity contribution < 1.29 is 4.74 Å². The lowest BCUT2D eigenvalue weighted by molar-refractivity contribution is 0.304. The summed E-state index contributed by atoms with van der Waals surface area (Å²) in [6.07, 6.45) is 2.43. The molecule has 3 heteroatoms. The van der Waals surface area contributed by atoms with Gasteiger partial charge in [-0.1, -0.05) is 42.5 Å². The summed E-state index contributed by atoms with van der Waals surface area (Å²) < 4.78 is 5.30. The first-order valence-corrected chi connectivity index (χ1v) is 8.01. The van der Waals surface area contributed by atoms with Crippen LogP contribution in [-0.2, 0) is 6.54 Å². The van der Waals surface area contributed by atoms with Gasteiger partial charge in [-0.05, 0) is 42.6 Å². The van der Waals surface area contributed by atoms with Crippen LogP contribution in [0.1, 0.15) is 30.0 Å². The van der Waals surface area contributed by atoms with Crippen LogP contribution < -0.4 is 15.4 Å². The van der Waals surface area contributed by atoms with E-state index in [0.29, 0.717) is 12.1 Å². The molecule has 3 rings (SSSR count). The zero-order chi connectivity index (χ0) is 15.2. The standard InChI is InChI=1S/C19H24N2O/c1-22-17-10-5-7-15(13-17)14-21-18-11-6-12-20-19(18)16-8-3-2-4-9-16/h2-5,7-10,13,18-21H,6,11-12,14H2,1H3/t18-,19-/m0/s1. The third kappa shape index (κ3) is 3.67. The van der Waals surface area contributed by atoms with Gasteiger partial charge in [0.1, 0.15) is 5.75 Å². The number of ether oxygens (including phenoxy) is 1. The molecule has 0 radical (unpaired) electrons. The van der Waals surface area contributed by atoms with E-state index < -0.39 is 0 Å². The van der Waals surface area contributed by atoms with Gasteiger partial charge in [0.15, 0.2) is 0 Å². The van der Waals surface area contributed by atoms with Crippen LogP contribution in [0.25, 0.3) is 0 Å². The molecule has 0 aromatic heterocycles. The summed E-state index contributed by atoms with van der Waals surface area (Å²) in [4.78, 5) is 0. The maximum Gasteiger partial charge on any atom is 0.119 e. The lowest BCUT2D eigenvalue weighted by atomic mass is 9.92. The van der Waals surface area contributed by atoms with Gasteiger partial charge in [-0.2, -0.15) is 0 Å². The number of piperidine rings is 1. The van der Waals surface area contributed by atoms with E-state index in [-0.39, 0.29) is 0 Å². The summed E-state index contributed by atoms with van der Waals surface area (Å²) in [7, 11) is 1.71. The van der Waals surface area contributed by atoms with Crippen molar-refractivity contribution in [3.05, 3.63) is 65.7 Å². The predicted molar refractivity (Wildman–Crippen MR) is 90.0 cm³/mol. The van der Waals surface area contributed by atoms with Crippen molar-refractivity contribution in [2.45, 2.75) is 31.5 Å². The Hall–Kier alpha value is -1.84. The highest BCUT2D eigenvalue weighted by atomic mass is 16.5. The first kappa shape index (κ1) is 15.1. The zero-order valence-electron chi connectivity index (χ0n) is 13.1. The van der Waals surface area contributed by atoms with Crippen LogP contribution in [0.4, 0.5) is 0 Å². The van der Waals surface area contributed by atoms with Crippen LogP contribution in [0, 0.1) is 0 Å². The van der Waals surface area contributed by atoms with Crippen molar-refractivity contribution in [2.24, 2.45) is 0 Å². The van der Waals surface area contributed by atoms with Gasteiger partial charge in [0.2, 0.25) is 0 Å². The molecule has 2 aromatic carbocycles. The zero-order valence-corrected chi connectivity index (χ0v) is 13.1. The number of nitrogens with one attached hydrogen (secondary N) is 2. The highest BCUT2D eigenvalue weighted by Gasteiger charge is 2.25. The highest BCUT2D eigenvalue weighted by molar-refractivity contribution is 5.28. The molecule has 0 amide bonds. The summed E-state index contributed by atoms with van der Waals surface area (Å²) in [6, 6.07) is 19.8. The number of hydrogen-bond acceptors (Lipinski definition) is 3. The summed E-state index contributed by atoms with van der Waals surface area (Å²) in [5.41, 5.74) is 2.63. The van der Waals surface area contributed by atoms with E-state index in [1.165, 1.54) is 24.0 Å². The molecular formula is C19H24N2O. The Labute approximate surface area is 132 Å². The Morgan fingerprint density at radius 3 is 2.82 bits per heavy atom. The van der Waals surface area contributed by atoms with Crippen molar-refractivity contribution in [3.63, 3.8) is 0 Å². The van der Waals surface area contributed by atoms with Crippen LogP contribution in [0.2, 0.25) is 0 Å². The molecular weight excluding hydrogens is 272 g/mol. The topological polar surface area (TPSA) is 33.3 Å². The largest absolute Gasteiger partial charge is 0.497 e. The summed E-state index contributed by atoms with van der Waals surface area (Å²) in [6.45, 7) is 1.96. The van der Waals surface area contributed by atoms with Crippen molar-refractivity contribution in [2.75, 3.05) is 13.7 Å². The average Bonchev–Trinajstić information content (AvgIpc) is 2.61. The molecule has 1 aliphatic rings. The van der Waals surface area contributed by atoms with Crippen molar-refractivity contribution >= 4 is 0 Å². The van der Waals surface area contributed by atoms with Gasteiger partial charge < -0.3 is 15.4 Å². The Balaban J connectivity index is 1.66. The fourth-order valence-corrected chi connectivity index (χ4v) is 3.15. The Kier molecular flexibility index (Phi) is 5.09. The Bertz CT molecular complexity index is 585. The van der Waals surface area contributed by atoms with Gasteiger partial charge in [0.25, 0.3) is 0 Å². The van der Waals surface area contributed by atoms with Gasteiger partial charge in [-0.25, -0.2) is 0 Å². The molecule has 1 fully saturated rings. The number of methoxy groups -OCH3 is 1. The lowest BCUT2D eigenvalue weighted by Gasteiger charge is -2.34. The lowest BCUT2D eigenvalue weighted by Crippen LogP contribution is -2.45. The monoisotopic (exact) mass is 296 g/mol. The quantitative estimate of drug-likeness (QED) is 0.888.